The first-order chi connectivity index (χ1) is 9.63. The van der Waals surface area contributed by atoms with Crippen LogP contribution in [0.3, 0.4) is 0 Å². The van der Waals surface area contributed by atoms with Crippen molar-refractivity contribution in [3.8, 4) is 0 Å². The average molecular weight is 288 g/mol. The van der Waals surface area contributed by atoms with Crippen LogP contribution in [0.4, 0.5) is 0 Å². The summed E-state index contributed by atoms with van der Waals surface area (Å²) in [6.07, 6.45) is 2.31. The van der Waals surface area contributed by atoms with Crippen LogP contribution in [0.15, 0.2) is 35.7 Å². The molecule has 0 aliphatic heterocycles. The van der Waals surface area contributed by atoms with Crippen molar-refractivity contribution in [2.24, 2.45) is 0 Å². The summed E-state index contributed by atoms with van der Waals surface area (Å²) in [5, 5.41) is 5.99. The van der Waals surface area contributed by atoms with E-state index in [4.69, 9.17) is 0 Å². The summed E-state index contributed by atoms with van der Waals surface area (Å²) in [4.78, 5) is 16.2. The Hall–Kier alpha value is -1.68. The highest BCUT2D eigenvalue weighted by Crippen LogP contribution is 2.09. The molecule has 1 aromatic carbocycles. The minimum absolute atomic E-state index is 0.0517. The maximum absolute atomic E-state index is 11.9. The molecule has 0 bridgehead atoms. The van der Waals surface area contributed by atoms with E-state index in [1.165, 1.54) is 5.56 Å². The number of hydrogen-bond acceptors (Lipinski definition) is 3. The third-order valence-electron chi connectivity index (χ3n) is 3.12. The van der Waals surface area contributed by atoms with E-state index in [1.54, 1.807) is 11.3 Å². The monoisotopic (exact) mass is 288 g/mol. The smallest absolute Gasteiger partial charge is 0.226 e. The maximum Gasteiger partial charge on any atom is 0.226 e. The quantitative estimate of drug-likeness (QED) is 0.887. The molecule has 1 aromatic heterocycles. The van der Waals surface area contributed by atoms with Crippen LogP contribution in [0.2, 0.25) is 0 Å². The second-order valence-corrected chi connectivity index (χ2v) is 6.09. The van der Waals surface area contributed by atoms with Crippen LogP contribution in [-0.4, -0.2) is 16.9 Å². The molecule has 0 saturated heterocycles. The third-order valence-corrected chi connectivity index (χ3v) is 3.95. The zero-order valence-corrected chi connectivity index (χ0v) is 12.7. The number of aromatic nitrogens is 1. The van der Waals surface area contributed by atoms with E-state index < -0.39 is 0 Å². The SMILES string of the molecule is Cc1nc(CC(=O)N[C@@H](C)CCc2ccccc2)cs1. The van der Waals surface area contributed by atoms with E-state index in [-0.39, 0.29) is 11.9 Å². The molecule has 1 amide bonds. The van der Waals surface area contributed by atoms with Crippen molar-refractivity contribution in [1.82, 2.24) is 10.3 Å². The molecule has 106 valence electrons. The van der Waals surface area contributed by atoms with Crippen molar-refractivity contribution >= 4 is 17.2 Å². The maximum atomic E-state index is 11.9. The summed E-state index contributed by atoms with van der Waals surface area (Å²) < 4.78 is 0. The first-order valence-electron chi connectivity index (χ1n) is 6.88. The Labute approximate surface area is 124 Å². The van der Waals surface area contributed by atoms with Gasteiger partial charge in [0, 0.05) is 11.4 Å². The zero-order chi connectivity index (χ0) is 14.4. The summed E-state index contributed by atoms with van der Waals surface area (Å²) in [6, 6.07) is 10.5. The van der Waals surface area contributed by atoms with E-state index in [0.717, 1.165) is 23.5 Å². The van der Waals surface area contributed by atoms with Crippen LogP contribution in [0, 0.1) is 6.92 Å². The van der Waals surface area contributed by atoms with Gasteiger partial charge in [0.1, 0.15) is 0 Å². The van der Waals surface area contributed by atoms with Crippen LogP contribution in [0.5, 0.6) is 0 Å². The molecule has 0 fully saturated rings. The van der Waals surface area contributed by atoms with Gasteiger partial charge in [-0.3, -0.25) is 4.79 Å². The molecule has 0 spiro atoms. The van der Waals surface area contributed by atoms with Crippen molar-refractivity contribution in [2.75, 3.05) is 0 Å². The highest BCUT2D eigenvalue weighted by molar-refractivity contribution is 7.09. The van der Waals surface area contributed by atoms with Crippen LogP contribution in [0.1, 0.15) is 29.6 Å². The predicted octanol–water partition coefficient (Wildman–Crippen LogP) is 3.13. The minimum Gasteiger partial charge on any atom is -0.353 e. The van der Waals surface area contributed by atoms with Crippen LogP contribution < -0.4 is 5.32 Å². The molecule has 0 unspecified atom stereocenters. The van der Waals surface area contributed by atoms with Gasteiger partial charge < -0.3 is 5.32 Å². The number of hydrogen-bond donors (Lipinski definition) is 1. The van der Waals surface area contributed by atoms with E-state index in [1.807, 2.05) is 37.4 Å². The van der Waals surface area contributed by atoms with Crippen molar-refractivity contribution in [1.29, 1.82) is 0 Å². The number of thiazole rings is 1. The molecule has 1 atom stereocenters. The molecule has 20 heavy (non-hydrogen) atoms. The van der Waals surface area contributed by atoms with Gasteiger partial charge in [-0.05, 0) is 32.3 Å². The number of nitrogens with zero attached hydrogens (tertiary/aromatic N) is 1. The first kappa shape index (κ1) is 14.7. The molecule has 1 N–H and O–H groups in total. The van der Waals surface area contributed by atoms with E-state index in [9.17, 15) is 4.79 Å². The number of benzene rings is 1. The zero-order valence-electron chi connectivity index (χ0n) is 11.9. The van der Waals surface area contributed by atoms with Gasteiger partial charge in [-0.2, -0.15) is 0 Å². The van der Waals surface area contributed by atoms with E-state index >= 15 is 0 Å². The highest BCUT2D eigenvalue weighted by atomic mass is 32.1. The fourth-order valence-electron chi connectivity index (χ4n) is 2.08. The molecule has 0 saturated carbocycles. The highest BCUT2D eigenvalue weighted by Gasteiger charge is 2.10. The normalized spacial score (nSPS) is 12.1. The average Bonchev–Trinajstić information content (AvgIpc) is 2.83. The van der Waals surface area contributed by atoms with Gasteiger partial charge in [0.2, 0.25) is 5.91 Å². The standard InChI is InChI=1S/C16H20N2OS/c1-12(8-9-14-6-4-3-5-7-14)17-16(19)10-15-11-20-13(2)18-15/h3-7,11-12H,8-10H2,1-2H3,(H,17,19)/t12-/m0/s1. The lowest BCUT2D eigenvalue weighted by atomic mass is 10.1. The Morgan fingerprint density at radius 3 is 2.75 bits per heavy atom. The van der Waals surface area contributed by atoms with Crippen molar-refractivity contribution in [3.05, 3.63) is 52.0 Å². The largest absolute Gasteiger partial charge is 0.353 e. The Bertz CT molecular complexity index is 551. The van der Waals surface area contributed by atoms with Crippen molar-refractivity contribution in [3.63, 3.8) is 0 Å². The number of carbonyl (C=O) groups is 1. The minimum atomic E-state index is 0.0517. The Morgan fingerprint density at radius 2 is 2.10 bits per heavy atom. The molecular weight excluding hydrogens is 268 g/mol. The molecule has 1 heterocycles. The second-order valence-electron chi connectivity index (χ2n) is 5.03. The van der Waals surface area contributed by atoms with Crippen LogP contribution >= 0.6 is 11.3 Å². The van der Waals surface area contributed by atoms with Gasteiger partial charge in [0.05, 0.1) is 17.1 Å². The summed E-state index contributed by atoms with van der Waals surface area (Å²) in [6.45, 7) is 4.00. The number of nitrogens with one attached hydrogen (secondary N) is 1. The van der Waals surface area contributed by atoms with E-state index in [0.29, 0.717) is 6.42 Å². The second kappa shape index (κ2) is 7.20. The number of aryl methyl sites for hydroxylation is 2. The molecule has 0 radical (unpaired) electrons. The lowest BCUT2D eigenvalue weighted by Gasteiger charge is -2.13. The third kappa shape index (κ3) is 4.78. The topological polar surface area (TPSA) is 42.0 Å². The lowest BCUT2D eigenvalue weighted by Crippen LogP contribution is -2.34. The van der Waals surface area contributed by atoms with Crippen molar-refractivity contribution in [2.45, 2.75) is 39.2 Å². The van der Waals surface area contributed by atoms with Gasteiger partial charge in [0.25, 0.3) is 0 Å². The van der Waals surface area contributed by atoms with Crippen LogP contribution in [0.25, 0.3) is 0 Å². The van der Waals surface area contributed by atoms with Gasteiger partial charge in [-0.15, -0.1) is 11.3 Å². The van der Waals surface area contributed by atoms with E-state index in [2.05, 4.69) is 22.4 Å². The fourth-order valence-corrected chi connectivity index (χ4v) is 2.69. The molecule has 4 heteroatoms. The molecule has 3 nitrogen and oxygen atoms in total. The summed E-state index contributed by atoms with van der Waals surface area (Å²) in [5.74, 6) is 0.0517. The molecule has 0 aliphatic carbocycles. The van der Waals surface area contributed by atoms with Crippen molar-refractivity contribution < 1.29 is 4.79 Å². The molecule has 2 rings (SSSR count). The number of amides is 1. The predicted molar refractivity (Wildman–Crippen MR) is 82.9 cm³/mol. The summed E-state index contributed by atoms with van der Waals surface area (Å²) in [7, 11) is 0. The molecule has 2 aromatic rings. The lowest BCUT2D eigenvalue weighted by molar-refractivity contribution is -0.121. The molecular formula is C16H20N2OS. The number of carbonyl (C=O) groups excluding carboxylic acids is 1. The van der Waals surface area contributed by atoms with Gasteiger partial charge in [-0.1, -0.05) is 30.3 Å². The fraction of sp³-hybridized carbons (Fsp3) is 0.375. The van der Waals surface area contributed by atoms with Crippen LogP contribution in [-0.2, 0) is 17.6 Å². The van der Waals surface area contributed by atoms with Gasteiger partial charge in [-0.25, -0.2) is 4.98 Å². The Kier molecular flexibility index (Phi) is 5.30. The summed E-state index contributed by atoms with van der Waals surface area (Å²) >= 11 is 1.58. The summed E-state index contributed by atoms with van der Waals surface area (Å²) in [5.41, 5.74) is 2.17. The Balaban J connectivity index is 1.73. The Morgan fingerprint density at radius 1 is 1.35 bits per heavy atom. The van der Waals surface area contributed by atoms with Gasteiger partial charge >= 0.3 is 0 Å². The molecule has 0 aliphatic rings. The number of rotatable bonds is 6. The first-order valence-corrected chi connectivity index (χ1v) is 7.76. The van der Waals surface area contributed by atoms with Gasteiger partial charge in [0.15, 0.2) is 0 Å².